The minimum Gasteiger partial charge on any atom is -0.294 e. The van der Waals surface area contributed by atoms with Gasteiger partial charge in [-0.2, -0.15) is 13.2 Å². The van der Waals surface area contributed by atoms with Crippen molar-refractivity contribution in [3.8, 4) is 0 Å². The lowest BCUT2D eigenvalue weighted by Gasteiger charge is -2.45. The average molecular weight is 529 g/mol. The molecule has 0 bridgehead atoms. The number of halogens is 5. The third kappa shape index (κ3) is 5.36. The van der Waals surface area contributed by atoms with Crippen LogP contribution in [0, 0.1) is 23.5 Å². The van der Waals surface area contributed by atoms with Crippen LogP contribution in [-0.2, 0) is 16.0 Å². The molecule has 2 aromatic rings. The second kappa shape index (κ2) is 9.54. The van der Waals surface area contributed by atoms with Crippen molar-refractivity contribution in [3.63, 3.8) is 0 Å². The first kappa shape index (κ1) is 26.8. The van der Waals surface area contributed by atoms with Crippen LogP contribution in [0.15, 0.2) is 41.3 Å². The fourth-order valence-electron chi connectivity index (χ4n) is 5.07. The van der Waals surface area contributed by atoms with E-state index in [2.05, 4.69) is 0 Å². The van der Waals surface area contributed by atoms with Gasteiger partial charge in [0.05, 0.1) is 15.2 Å². The Kier molecular flexibility index (Phi) is 7.09. The van der Waals surface area contributed by atoms with Crippen molar-refractivity contribution < 1.29 is 35.2 Å². The number of sulfone groups is 1. The monoisotopic (exact) mass is 528 g/mol. The molecule has 0 aliphatic heterocycles. The van der Waals surface area contributed by atoms with E-state index in [9.17, 15) is 35.2 Å². The molecule has 0 spiro atoms. The van der Waals surface area contributed by atoms with Crippen LogP contribution in [0.5, 0.6) is 0 Å². The maximum absolute atomic E-state index is 14.2. The second-order valence-corrected chi connectivity index (χ2v) is 13.2. The molecular weight excluding hydrogens is 499 g/mol. The summed E-state index contributed by atoms with van der Waals surface area (Å²) in [5.74, 6) is -1.58. The Balaban J connectivity index is 1.32. The highest BCUT2D eigenvalue weighted by Crippen LogP contribution is 2.48. The van der Waals surface area contributed by atoms with Crippen molar-refractivity contribution in [2.75, 3.05) is 0 Å². The third-order valence-corrected chi connectivity index (χ3v) is 10.4. The van der Waals surface area contributed by atoms with E-state index in [0.717, 1.165) is 12.8 Å². The molecule has 36 heavy (non-hydrogen) atoms. The van der Waals surface area contributed by atoms with Crippen LogP contribution in [0.4, 0.5) is 22.0 Å². The average Bonchev–Trinajstić information content (AvgIpc) is 3.58. The number of ketones is 1. The van der Waals surface area contributed by atoms with Gasteiger partial charge in [0.2, 0.25) is 0 Å². The number of carbonyl (C=O) groups excluding carboxylic acids is 1. The van der Waals surface area contributed by atoms with Crippen LogP contribution >= 0.6 is 0 Å². The standard InChI is InChI=1S/C27H29F5O3S/c1-26(2,36(34,35)22-14-20(27(30,31)32)13-21(28)15-22)19-10-16(11-19)4-3-5-25(33)18-8-9-23(17-6-7-17)24(29)12-18/h8-9,12-17,19H,3-7,10-11H2,1-2H3. The molecule has 2 fully saturated rings. The summed E-state index contributed by atoms with van der Waals surface area (Å²) in [6.45, 7) is 2.93. The highest BCUT2D eigenvalue weighted by Gasteiger charge is 2.48. The Morgan fingerprint density at radius 3 is 2.25 bits per heavy atom. The van der Waals surface area contributed by atoms with Gasteiger partial charge >= 0.3 is 6.18 Å². The first-order valence-electron chi connectivity index (χ1n) is 12.1. The third-order valence-electron chi connectivity index (χ3n) is 7.78. The molecule has 2 aliphatic rings. The molecule has 0 radical (unpaired) electrons. The van der Waals surface area contributed by atoms with Gasteiger partial charge in [-0.25, -0.2) is 17.2 Å². The quantitative estimate of drug-likeness (QED) is 0.250. The molecule has 2 aromatic carbocycles. The predicted octanol–water partition coefficient (Wildman–Crippen LogP) is 7.49. The predicted molar refractivity (Wildman–Crippen MR) is 125 cm³/mol. The number of Topliss-reactive ketones (excluding diaryl/α,β-unsaturated/α-hetero) is 1. The van der Waals surface area contributed by atoms with Gasteiger partial charge in [0.15, 0.2) is 15.6 Å². The minimum atomic E-state index is -4.86. The van der Waals surface area contributed by atoms with Crippen LogP contribution in [-0.4, -0.2) is 18.9 Å². The van der Waals surface area contributed by atoms with Gasteiger partial charge in [-0.3, -0.25) is 4.79 Å². The zero-order chi connectivity index (χ0) is 26.5. The fourth-order valence-corrected chi connectivity index (χ4v) is 6.85. The highest BCUT2D eigenvalue weighted by molar-refractivity contribution is 7.92. The summed E-state index contributed by atoms with van der Waals surface area (Å²) >= 11 is 0. The number of benzene rings is 2. The SMILES string of the molecule is CC(C)(C1CC(CCCC(=O)c2ccc(C3CC3)c(F)c2)C1)S(=O)(=O)c1cc(F)cc(C(F)(F)F)c1. The van der Waals surface area contributed by atoms with Gasteiger partial charge in [-0.15, -0.1) is 0 Å². The molecule has 0 heterocycles. The first-order valence-corrected chi connectivity index (χ1v) is 13.6. The second-order valence-electron chi connectivity index (χ2n) is 10.6. The Bertz CT molecular complexity index is 1260. The van der Waals surface area contributed by atoms with Crippen LogP contribution in [0.3, 0.4) is 0 Å². The van der Waals surface area contributed by atoms with E-state index in [1.165, 1.54) is 19.9 Å². The van der Waals surface area contributed by atoms with Crippen molar-refractivity contribution in [2.24, 2.45) is 11.8 Å². The van der Waals surface area contributed by atoms with Crippen molar-refractivity contribution >= 4 is 15.6 Å². The zero-order valence-corrected chi connectivity index (χ0v) is 21.0. The topological polar surface area (TPSA) is 51.2 Å². The maximum Gasteiger partial charge on any atom is 0.416 e. The fraction of sp³-hybridized carbons (Fsp3) is 0.519. The molecule has 0 amide bonds. The van der Waals surface area contributed by atoms with E-state index in [-0.39, 0.29) is 41.8 Å². The van der Waals surface area contributed by atoms with E-state index in [1.807, 2.05) is 0 Å². The number of alkyl halides is 3. The molecule has 4 rings (SSSR count). The van der Waals surface area contributed by atoms with Crippen molar-refractivity contribution in [3.05, 3.63) is 64.7 Å². The molecule has 9 heteroatoms. The summed E-state index contributed by atoms with van der Waals surface area (Å²) in [4.78, 5) is 11.8. The lowest BCUT2D eigenvalue weighted by Crippen LogP contribution is -2.46. The number of hydrogen-bond donors (Lipinski definition) is 0. The highest BCUT2D eigenvalue weighted by atomic mass is 32.2. The van der Waals surface area contributed by atoms with E-state index >= 15 is 0 Å². The van der Waals surface area contributed by atoms with E-state index < -0.39 is 37.0 Å². The van der Waals surface area contributed by atoms with Crippen LogP contribution in [0.2, 0.25) is 0 Å². The van der Waals surface area contributed by atoms with Crippen LogP contribution in [0.1, 0.15) is 86.2 Å². The van der Waals surface area contributed by atoms with Gasteiger partial charge in [-0.1, -0.05) is 12.1 Å². The Labute approximate surface area is 208 Å². The Morgan fingerprint density at radius 1 is 1.00 bits per heavy atom. The minimum absolute atomic E-state index is 0.137. The van der Waals surface area contributed by atoms with Crippen molar-refractivity contribution in [2.45, 2.75) is 80.5 Å². The van der Waals surface area contributed by atoms with Crippen molar-refractivity contribution in [1.29, 1.82) is 0 Å². The molecule has 0 aromatic heterocycles. The zero-order valence-electron chi connectivity index (χ0n) is 20.2. The number of carbonyl (C=O) groups is 1. The summed E-state index contributed by atoms with van der Waals surface area (Å²) in [6.07, 6.45) is -0.287. The van der Waals surface area contributed by atoms with E-state index in [4.69, 9.17) is 0 Å². The summed E-state index contributed by atoms with van der Waals surface area (Å²) in [6, 6.07) is 6.07. The van der Waals surface area contributed by atoms with Crippen LogP contribution < -0.4 is 0 Å². The maximum atomic E-state index is 14.2. The lowest BCUT2D eigenvalue weighted by atomic mass is 9.67. The van der Waals surface area contributed by atoms with Crippen molar-refractivity contribution in [1.82, 2.24) is 0 Å². The van der Waals surface area contributed by atoms with Gasteiger partial charge in [0.25, 0.3) is 0 Å². The first-order chi connectivity index (χ1) is 16.7. The summed E-state index contributed by atoms with van der Waals surface area (Å²) in [5.41, 5.74) is -0.323. The molecule has 2 aliphatic carbocycles. The number of hydrogen-bond acceptors (Lipinski definition) is 3. The molecular formula is C27H29F5O3S. The molecule has 196 valence electrons. The van der Waals surface area contributed by atoms with Gasteiger partial charge < -0.3 is 0 Å². The number of rotatable bonds is 9. The molecule has 2 saturated carbocycles. The van der Waals surface area contributed by atoms with Gasteiger partial charge in [0.1, 0.15) is 11.6 Å². The van der Waals surface area contributed by atoms with Gasteiger partial charge in [-0.05, 0) is 100.0 Å². The molecule has 0 N–H and O–H groups in total. The largest absolute Gasteiger partial charge is 0.416 e. The lowest BCUT2D eigenvalue weighted by molar-refractivity contribution is -0.137. The Hall–Kier alpha value is -2.29. The van der Waals surface area contributed by atoms with E-state index in [1.54, 1.807) is 12.1 Å². The van der Waals surface area contributed by atoms with Gasteiger partial charge in [0, 0.05) is 12.0 Å². The molecule has 0 atom stereocenters. The Morgan fingerprint density at radius 2 is 1.67 bits per heavy atom. The molecule has 0 unspecified atom stereocenters. The normalized spacial score (nSPS) is 20.8. The summed E-state index contributed by atoms with van der Waals surface area (Å²) in [7, 11) is -4.24. The summed E-state index contributed by atoms with van der Waals surface area (Å²) in [5, 5.41) is 0. The molecule has 3 nitrogen and oxygen atoms in total. The summed E-state index contributed by atoms with van der Waals surface area (Å²) < 4.78 is 92.2. The van der Waals surface area contributed by atoms with E-state index in [0.29, 0.717) is 48.9 Å². The molecule has 0 saturated heterocycles. The van der Waals surface area contributed by atoms with Crippen LogP contribution in [0.25, 0.3) is 0 Å². The smallest absolute Gasteiger partial charge is 0.294 e.